The minimum atomic E-state index is 0.168. The number of likely N-dealkylation sites (N-methyl/N-ethyl adjacent to an activating group) is 1. The van der Waals surface area contributed by atoms with E-state index in [0.29, 0.717) is 25.6 Å². The summed E-state index contributed by atoms with van der Waals surface area (Å²) < 4.78 is 4.93. The van der Waals surface area contributed by atoms with Crippen LogP contribution < -0.4 is 5.32 Å². The van der Waals surface area contributed by atoms with Gasteiger partial charge in [-0.05, 0) is 20.0 Å². The second-order valence-electron chi connectivity index (χ2n) is 5.21. The van der Waals surface area contributed by atoms with Crippen molar-refractivity contribution in [1.82, 2.24) is 15.1 Å². The third kappa shape index (κ3) is 9.39. The number of ether oxygens (including phenoxy) is 1. The molecule has 0 aromatic carbocycles. The maximum Gasteiger partial charge on any atom is 0.236 e. The van der Waals surface area contributed by atoms with Crippen molar-refractivity contribution < 1.29 is 9.53 Å². The minimum Gasteiger partial charge on any atom is -0.383 e. The van der Waals surface area contributed by atoms with E-state index in [1.54, 1.807) is 7.11 Å². The number of hydrogen-bond acceptors (Lipinski definition) is 4. The highest BCUT2D eigenvalue weighted by atomic mass is 16.5. The molecule has 0 heterocycles. The summed E-state index contributed by atoms with van der Waals surface area (Å²) in [7, 11) is 5.70. The molecule has 0 radical (unpaired) electrons. The Labute approximate surface area is 111 Å². The molecule has 0 aliphatic heterocycles. The summed E-state index contributed by atoms with van der Waals surface area (Å²) in [6, 6.07) is 0. The normalized spacial score (nSPS) is 11.3. The first-order valence-corrected chi connectivity index (χ1v) is 6.59. The van der Waals surface area contributed by atoms with Gasteiger partial charge < -0.3 is 19.9 Å². The van der Waals surface area contributed by atoms with E-state index < -0.39 is 0 Å². The third-order valence-corrected chi connectivity index (χ3v) is 2.51. The van der Waals surface area contributed by atoms with Crippen molar-refractivity contribution in [2.45, 2.75) is 13.8 Å². The SMILES string of the molecule is COCCNCC(=O)N(CCN(C)C)CC(C)C. The van der Waals surface area contributed by atoms with E-state index in [2.05, 4.69) is 24.1 Å². The van der Waals surface area contributed by atoms with Gasteiger partial charge in [-0.1, -0.05) is 13.8 Å². The minimum absolute atomic E-state index is 0.168. The van der Waals surface area contributed by atoms with Crippen molar-refractivity contribution in [2.24, 2.45) is 5.92 Å². The van der Waals surface area contributed by atoms with Gasteiger partial charge in [0.15, 0.2) is 0 Å². The zero-order valence-electron chi connectivity index (χ0n) is 12.5. The van der Waals surface area contributed by atoms with Gasteiger partial charge in [0, 0.05) is 33.3 Å². The molecule has 0 aliphatic carbocycles. The Balaban J connectivity index is 4.05. The molecule has 0 atom stereocenters. The van der Waals surface area contributed by atoms with Gasteiger partial charge >= 0.3 is 0 Å². The first-order valence-electron chi connectivity index (χ1n) is 6.59. The fourth-order valence-corrected chi connectivity index (χ4v) is 1.56. The molecule has 0 spiro atoms. The van der Waals surface area contributed by atoms with Crippen molar-refractivity contribution in [2.75, 3.05) is 60.5 Å². The van der Waals surface area contributed by atoms with Gasteiger partial charge in [0.25, 0.3) is 0 Å². The first-order chi connectivity index (χ1) is 8.47. The van der Waals surface area contributed by atoms with Crippen LogP contribution >= 0.6 is 0 Å². The molecule has 108 valence electrons. The molecule has 1 amide bonds. The van der Waals surface area contributed by atoms with E-state index in [4.69, 9.17) is 4.74 Å². The van der Waals surface area contributed by atoms with E-state index in [1.807, 2.05) is 19.0 Å². The van der Waals surface area contributed by atoms with Crippen molar-refractivity contribution >= 4 is 5.91 Å². The van der Waals surface area contributed by atoms with Crippen molar-refractivity contribution in [3.05, 3.63) is 0 Å². The number of rotatable bonds is 10. The summed E-state index contributed by atoms with van der Waals surface area (Å²) in [6.45, 7) is 8.51. The Morgan fingerprint density at radius 1 is 1.28 bits per heavy atom. The van der Waals surface area contributed by atoms with Crippen molar-refractivity contribution in [3.8, 4) is 0 Å². The van der Waals surface area contributed by atoms with Crippen LogP contribution in [0.4, 0.5) is 0 Å². The third-order valence-electron chi connectivity index (χ3n) is 2.51. The number of nitrogens with one attached hydrogen (secondary N) is 1. The second-order valence-corrected chi connectivity index (χ2v) is 5.21. The highest BCUT2D eigenvalue weighted by molar-refractivity contribution is 5.78. The van der Waals surface area contributed by atoms with E-state index in [-0.39, 0.29) is 5.91 Å². The summed E-state index contributed by atoms with van der Waals surface area (Å²) in [4.78, 5) is 16.1. The maximum atomic E-state index is 12.1. The highest BCUT2D eigenvalue weighted by Crippen LogP contribution is 1.99. The average Bonchev–Trinajstić information content (AvgIpc) is 2.29. The van der Waals surface area contributed by atoms with E-state index in [9.17, 15) is 4.79 Å². The van der Waals surface area contributed by atoms with Crippen LogP contribution in [0.2, 0.25) is 0 Å². The Morgan fingerprint density at radius 2 is 1.94 bits per heavy atom. The molecule has 18 heavy (non-hydrogen) atoms. The molecule has 0 bridgehead atoms. The average molecular weight is 259 g/mol. The lowest BCUT2D eigenvalue weighted by Crippen LogP contribution is -2.43. The molecule has 5 heteroatoms. The van der Waals surface area contributed by atoms with Gasteiger partial charge in [-0.25, -0.2) is 0 Å². The molecule has 0 fully saturated rings. The highest BCUT2D eigenvalue weighted by Gasteiger charge is 2.14. The monoisotopic (exact) mass is 259 g/mol. The number of carbonyl (C=O) groups is 1. The molecule has 0 saturated carbocycles. The quantitative estimate of drug-likeness (QED) is 0.572. The molecular formula is C13H29N3O2. The lowest BCUT2D eigenvalue weighted by molar-refractivity contribution is -0.130. The topological polar surface area (TPSA) is 44.8 Å². The number of amides is 1. The molecule has 0 aromatic heterocycles. The van der Waals surface area contributed by atoms with Gasteiger partial charge in [0.2, 0.25) is 5.91 Å². The van der Waals surface area contributed by atoms with Gasteiger partial charge in [-0.3, -0.25) is 4.79 Å². The van der Waals surface area contributed by atoms with Gasteiger partial charge in [0.1, 0.15) is 0 Å². The Kier molecular flexibility index (Phi) is 9.92. The lowest BCUT2D eigenvalue weighted by Gasteiger charge is -2.26. The molecule has 0 rings (SSSR count). The summed E-state index contributed by atoms with van der Waals surface area (Å²) in [6.07, 6.45) is 0. The van der Waals surface area contributed by atoms with Crippen LogP contribution in [0.3, 0.4) is 0 Å². The zero-order chi connectivity index (χ0) is 14.0. The van der Waals surface area contributed by atoms with E-state index in [0.717, 1.165) is 19.6 Å². The van der Waals surface area contributed by atoms with Crippen LogP contribution in [-0.4, -0.2) is 76.2 Å². The fraction of sp³-hybridized carbons (Fsp3) is 0.923. The van der Waals surface area contributed by atoms with Crippen LogP contribution in [0.25, 0.3) is 0 Å². The Hall–Kier alpha value is -0.650. The standard InChI is InChI=1S/C13H29N3O2/c1-12(2)11-16(8-7-15(3)4)13(17)10-14-6-9-18-5/h12,14H,6-11H2,1-5H3. The van der Waals surface area contributed by atoms with Crippen molar-refractivity contribution in [1.29, 1.82) is 0 Å². The summed E-state index contributed by atoms with van der Waals surface area (Å²) in [5.41, 5.74) is 0. The van der Waals surface area contributed by atoms with Crippen LogP contribution in [-0.2, 0) is 9.53 Å². The molecule has 5 nitrogen and oxygen atoms in total. The largest absolute Gasteiger partial charge is 0.383 e. The zero-order valence-corrected chi connectivity index (χ0v) is 12.5. The smallest absolute Gasteiger partial charge is 0.236 e. The van der Waals surface area contributed by atoms with Crippen LogP contribution in [0.1, 0.15) is 13.8 Å². The first kappa shape index (κ1) is 17.4. The van der Waals surface area contributed by atoms with E-state index in [1.165, 1.54) is 0 Å². The number of hydrogen-bond donors (Lipinski definition) is 1. The van der Waals surface area contributed by atoms with Gasteiger partial charge in [-0.2, -0.15) is 0 Å². The van der Waals surface area contributed by atoms with Crippen molar-refractivity contribution in [3.63, 3.8) is 0 Å². The summed E-state index contributed by atoms with van der Waals surface area (Å²) in [5.74, 6) is 0.664. The van der Waals surface area contributed by atoms with Gasteiger partial charge in [0.05, 0.1) is 13.2 Å². The van der Waals surface area contributed by atoms with Crippen LogP contribution in [0, 0.1) is 5.92 Å². The lowest BCUT2D eigenvalue weighted by atomic mass is 10.2. The van der Waals surface area contributed by atoms with Gasteiger partial charge in [-0.15, -0.1) is 0 Å². The molecule has 0 unspecified atom stereocenters. The molecule has 0 saturated heterocycles. The number of carbonyl (C=O) groups excluding carboxylic acids is 1. The Morgan fingerprint density at radius 3 is 2.44 bits per heavy atom. The molecule has 0 aliphatic rings. The van der Waals surface area contributed by atoms with Crippen LogP contribution in [0.15, 0.2) is 0 Å². The summed E-state index contributed by atoms with van der Waals surface area (Å²) >= 11 is 0. The Bertz CT molecular complexity index is 220. The molecular weight excluding hydrogens is 230 g/mol. The predicted molar refractivity (Wildman–Crippen MR) is 74.7 cm³/mol. The fourth-order valence-electron chi connectivity index (χ4n) is 1.56. The van der Waals surface area contributed by atoms with Crippen LogP contribution in [0.5, 0.6) is 0 Å². The number of nitrogens with zero attached hydrogens (tertiary/aromatic N) is 2. The molecule has 1 N–H and O–H groups in total. The second kappa shape index (κ2) is 10.3. The summed E-state index contributed by atoms with van der Waals surface area (Å²) in [5, 5.41) is 3.10. The number of methoxy groups -OCH3 is 1. The van der Waals surface area contributed by atoms with E-state index >= 15 is 0 Å². The molecule has 0 aromatic rings. The predicted octanol–water partition coefficient (Wildman–Crippen LogP) is 0.269. The maximum absolute atomic E-state index is 12.1.